The Morgan fingerprint density at radius 3 is 2.52 bits per heavy atom. The highest BCUT2D eigenvalue weighted by Gasteiger charge is 2.48. The molecule has 2 aromatic carbocycles. The molecule has 0 unspecified atom stereocenters. The third-order valence-corrected chi connectivity index (χ3v) is 6.02. The molecule has 0 saturated heterocycles. The van der Waals surface area contributed by atoms with E-state index in [1.54, 1.807) is 45.7 Å². The second kappa shape index (κ2) is 7.27. The zero-order valence-corrected chi connectivity index (χ0v) is 17.4. The van der Waals surface area contributed by atoms with Gasteiger partial charge in [-0.3, -0.25) is 23.7 Å². The second-order valence-corrected chi connectivity index (χ2v) is 7.91. The highest BCUT2D eigenvalue weighted by Crippen LogP contribution is 2.44. The van der Waals surface area contributed by atoms with Crippen LogP contribution in [0.1, 0.15) is 38.3 Å². The normalized spacial score (nSPS) is 16.5. The first-order chi connectivity index (χ1) is 16.1. The maximum atomic E-state index is 13.4. The van der Waals surface area contributed by atoms with Gasteiger partial charge in [0, 0.05) is 17.3 Å². The van der Waals surface area contributed by atoms with Crippen molar-refractivity contribution in [3.05, 3.63) is 95.4 Å². The van der Waals surface area contributed by atoms with E-state index in [4.69, 9.17) is 0 Å². The summed E-state index contributed by atoms with van der Waals surface area (Å²) in [6.07, 6.45) is 1.15. The number of carbonyl (C=O) groups excluding carboxylic acids is 3. The predicted octanol–water partition coefficient (Wildman–Crippen LogP) is 2.16. The molecule has 9 nitrogen and oxygen atoms in total. The molecule has 4 aromatic rings. The third-order valence-electron chi connectivity index (χ3n) is 6.02. The van der Waals surface area contributed by atoms with E-state index in [2.05, 4.69) is 15.5 Å². The molecule has 0 saturated carbocycles. The van der Waals surface area contributed by atoms with Crippen molar-refractivity contribution < 1.29 is 14.4 Å². The van der Waals surface area contributed by atoms with E-state index in [0.717, 1.165) is 0 Å². The molecule has 0 fully saturated rings. The Bertz CT molecular complexity index is 1440. The lowest BCUT2D eigenvalue weighted by molar-refractivity contribution is -0.122. The number of anilines is 1. The number of benzene rings is 2. The fourth-order valence-corrected chi connectivity index (χ4v) is 4.53. The Labute approximate surface area is 188 Å². The average molecular weight is 438 g/mol. The van der Waals surface area contributed by atoms with Gasteiger partial charge in [-0.1, -0.05) is 36.4 Å². The summed E-state index contributed by atoms with van der Waals surface area (Å²) < 4.78 is 1.79. The molecule has 2 aromatic heterocycles. The van der Waals surface area contributed by atoms with Crippen LogP contribution in [0.4, 0.5) is 5.69 Å². The van der Waals surface area contributed by atoms with Crippen LogP contribution in [0.25, 0.3) is 5.65 Å². The number of amides is 3. The average Bonchev–Trinajstić information content (AvgIpc) is 3.39. The first kappa shape index (κ1) is 19.2. The Hall–Kier alpha value is -4.53. The summed E-state index contributed by atoms with van der Waals surface area (Å²) in [6.45, 7) is -0.0424. The van der Waals surface area contributed by atoms with Gasteiger partial charge in [-0.15, -0.1) is 10.2 Å². The molecule has 1 atom stereocenters. The summed E-state index contributed by atoms with van der Waals surface area (Å²) in [7, 11) is 0. The van der Waals surface area contributed by atoms with Crippen molar-refractivity contribution in [1.82, 2.24) is 24.8 Å². The lowest BCUT2D eigenvalue weighted by atomic mass is 10.0. The van der Waals surface area contributed by atoms with Gasteiger partial charge in [0.15, 0.2) is 11.5 Å². The molecule has 2 aliphatic heterocycles. The number of nitrogens with zero attached hydrogens (tertiary/aromatic N) is 5. The number of carbonyl (C=O) groups is 3. The van der Waals surface area contributed by atoms with E-state index in [9.17, 15) is 14.4 Å². The molecule has 33 heavy (non-hydrogen) atoms. The van der Waals surface area contributed by atoms with Gasteiger partial charge in [-0.05, 0) is 30.3 Å². The van der Waals surface area contributed by atoms with E-state index >= 15 is 0 Å². The molecule has 4 heterocycles. The molecule has 3 amide bonds. The number of para-hydroxylation sites is 1. The molecular weight excluding hydrogens is 420 g/mol. The molecular formula is C24H18N6O3. The zero-order chi connectivity index (χ0) is 22.5. The first-order valence-corrected chi connectivity index (χ1v) is 10.5. The molecule has 0 bridgehead atoms. The summed E-state index contributed by atoms with van der Waals surface area (Å²) in [5.41, 5.74) is 2.88. The zero-order valence-electron chi connectivity index (χ0n) is 17.4. The smallest absolute Gasteiger partial charge is 0.260 e. The quantitative estimate of drug-likeness (QED) is 0.526. The van der Waals surface area contributed by atoms with E-state index < -0.39 is 6.17 Å². The lowest BCUT2D eigenvalue weighted by Crippen LogP contribution is -2.51. The lowest BCUT2D eigenvalue weighted by Gasteiger charge is -2.40. The van der Waals surface area contributed by atoms with E-state index in [-0.39, 0.29) is 30.8 Å². The van der Waals surface area contributed by atoms with Crippen molar-refractivity contribution in [1.29, 1.82) is 0 Å². The van der Waals surface area contributed by atoms with Crippen LogP contribution in [0, 0.1) is 0 Å². The number of aromatic nitrogens is 3. The van der Waals surface area contributed by atoms with Gasteiger partial charge < -0.3 is 10.2 Å². The Kier molecular flexibility index (Phi) is 4.22. The first-order valence-electron chi connectivity index (χ1n) is 10.5. The van der Waals surface area contributed by atoms with Crippen LogP contribution in [0.3, 0.4) is 0 Å². The van der Waals surface area contributed by atoms with Crippen LogP contribution in [0.5, 0.6) is 0 Å². The highest BCUT2D eigenvalue weighted by molar-refractivity contribution is 6.17. The Balaban J connectivity index is 1.30. The van der Waals surface area contributed by atoms with Gasteiger partial charge in [0.1, 0.15) is 12.7 Å². The minimum Gasteiger partial charge on any atom is -0.347 e. The van der Waals surface area contributed by atoms with Crippen LogP contribution in [-0.2, 0) is 11.3 Å². The molecule has 0 spiro atoms. The minimum atomic E-state index is -0.671. The Morgan fingerprint density at radius 2 is 1.64 bits per heavy atom. The highest BCUT2D eigenvalue weighted by atomic mass is 16.2. The summed E-state index contributed by atoms with van der Waals surface area (Å²) in [4.78, 5) is 42.6. The number of fused-ring (bicyclic) bond motifs is 6. The standard InChI is InChI=1S/C24H18N6O3/c31-21(25-13-20-27-26-19-11-5-6-12-28(19)20)14-29-22-15-7-1-2-8-16(15)24(33)30(22)18-10-4-3-9-17(18)23(29)32/h1-12,22H,13-14H2,(H,25,31)/t22-/m1/s1. The summed E-state index contributed by atoms with van der Waals surface area (Å²) >= 11 is 0. The third kappa shape index (κ3) is 2.89. The molecule has 0 radical (unpaired) electrons. The van der Waals surface area contributed by atoms with E-state index in [1.165, 1.54) is 4.90 Å². The summed E-state index contributed by atoms with van der Waals surface area (Å²) in [6, 6.07) is 19.7. The van der Waals surface area contributed by atoms with Gasteiger partial charge in [-0.25, -0.2) is 0 Å². The topological polar surface area (TPSA) is 99.9 Å². The maximum absolute atomic E-state index is 13.4. The molecule has 0 aliphatic carbocycles. The maximum Gasteiger partial charge on any atom is 0.260 e. The number of hydrogen-bond acceptors (Lipinski definition) is 5. The minimum absolute atomic E-state index is 0.159. The molecule has 1 N–H and O–H groups in total. The van der Waals surface area contributed by atoms with Crippen LogP contribution in [-0.4, -0.2) is 43.8 Å². The molecule has 162 valence electrons. The van der Waals surface area contributed by atoms with Crippen molar-refractivity contribution in [3.8, 4) is 0 Å². The van der Waals surface area contributed by atoms with E-state index in [1.807, 2.05) is 36.5 Å². The fraction of sp³-hybridized carbons (Fsp3) is 0.125. The molecule has 9 heteroatoms. The van der Waals surface area contributed by atoms with Gasteiger partial charge in [0.2, 0.25) is 5.91 Å². The molecule has 6 rings (SSSR count). The largest absolute Gasteiger partial charge is 0.347 e. The SMILES string of the molecule is O=C(CN1C(=O)c2ccccc2N2C(=O)c3ccccc3[C@H]12)NCc1nnc2ccccn12. The van der Waals surface area contributed by atoms with Gasteiger partial charge in [0.05, 0.1) is 17.8 Å². The van der Waals surface area contributed by atoms with Gasteiger partial charge in [-0.2, -0.15) is 0 Å². The van der Waals surface area contributed by atoms with Gasteiger partial charge >= 0.3 is 0 Å². The van der Waals surface area contributed by atoms with Crippen molar-refractivity contribution in [2.75, 3.05) is 11.4 Å². The number of nitrogens with one attached hydrogen (secondary N) is 1. The van der Waals surface area contributed by atoms with Crippen LogP contribution >= 0.6 is 0 Å². The van der Waals surface area contributed by atoms with Crippen LogP contribution < -0.4 is 10.2 Å². The number of pyridine rings is 1. The Morgan fingerprint density at radius 1 is 0.879 bits per heavy atom. The fourth-order valence-electron chi connectivity index (χ4n) is 4.53. The summed E-state index contributed by atoms with van der Waals surface area (Å²) in [5, 5.41) is 11.0. The predicted molar refractivity (Wildman–Crippen MR) is 118 cm³/mol. The van der Waals surface area contributed by atoms with Crippen molar-refractivity contribution in [2.45, 2.75) is 12.7 Å². The van der Waals surface area contributed by atoms with Crippen LogP contribution in [0.2, 0.25) is 0 Å². The van der Waals surface area contributed by atoms with Gasteiger partial charge in [0.25, 0.3) is 11.8 Å². The van der Waals surface area contributed by atoms with E-state index in [0.29, 0.717) is 33.8 Å². The second-order valence-electron chi connectivity index (χ2n) is 7.91. The van der Waals surface area contributed by atoms with Crippen LogP contribution in [0.15, 0.2) is 72.9 Å². The molecule has 2 aliphatic rings. The number of hydrogen-bond donors (Lipinski definition) is 1. The number of rotatable bonds is 4. The monoisotopic (exact) mass is 438 g/mol. The van der Waals surface area contributed by atoms with Crippen molar-refractivity contribution >= 4 is 29.1 Å². The summed E-state index contributed by atoms with van der Waals surface area (Å²) in [5.74, 6) is -0.250. The van der Waals surface area contributed by atoms with Crippen molar-refractivity contribution in [2.24, 2.45) is 0 Å². The van der Waals surface area contributed by atoms with Crippen molar-refractivity contribution in [3.63, 3.8) is 0 Å².